The molecule has 0 amide bonds. The molecule has 0 saturated carbocycles. The predicted molar refractivity (Wildman–Crippen MR) is 66.1 cm³/mol. The Morgan fingerprint density at radius 2 is 2.29 bits per heavy atom. The van der Waals surface area contributed by atoms with Crippen LogP contribution in [0.2, 0.25) is 0 Å². The zero-order chi connectivity index (χ0) is 12.1. The zero-order valence-corrected chi connectivity index (χ0v) is 9.50. The SMILES string of the molecule is N#Cc1nccn1CCCc1cccc(N)c1. The molecule has 2 rings (SSSR count). The Morgan fingerprint density at radius 3 is 3.06 bits per heavy atom. The van der Waals surface area contributed by atoms with Crippen LogP contribution in [0.25, 0.3) is 0 Å². The monoisotopic (exact) mass is 226 g/mol. The van der Waals surface area contributed by atoms with Crippen molar-refractivity contribution in [3.8, 4) is 6.07 Å². The number of nitriles is 1. The standard InChI is InChI=1S/C13H14N4/c14-10-13-16-6-8-17(13)7-2-4-11-3-1-5-12(15)9-11/h1,3,5-6,8-9H,2,4,7,15H2. The van der Waals surface area contributed by atoms with E-state index in [0.717, 1.165) is 25.1 Å². The van der Waals surface area contributed by atoms with Crippen molar-refractivity contribution in [1.82, 2.24) is 9.55 Å². The van der Waals surface area contributed by atoms with E-state index in [1.165, 1.54) is 5.56 Å². The van der Waals surface area contributed by atoms with E-state index in [1.54, 1.807) is 6.20 Å². The van der Waals surface area contributed by atoms with Crippen LogP contribution in [0.5, 0.6) is 0 Å². The second kappa shape index (κ2) is 5.17. The van der Waals surface area contributed by atoms with Gasteiger partial charge < -0.3 is 10.3 Å². The summed E-state index contributed by atoms with van der Waals surface area (Å²) in [6, 6.07) is 9.96. The molecule has 1 heterocycles. The first-order valence-corrected chi connectivity index (χ1v) is 5.55. The maximum atomic E-state index is 8.81. The first-order chi connectivity index (χ1) is 8.29. The summed E-state index contributed by atoms with van der Waals surface area (Å²) >= 11 is 0. The van der Waals surface area contributed by atoms with Gasteiger partial charge in [0.15, 0.2) is 0 Å². The largest absolute Gasteiger partial charge is 0.399 e. The Kier molecular flexibility index (Phi) is 3.41. The van der Waals surface area contributed by atoms with Gasteiger partial charge in [-0.3, -0.25) is 0 Å². The molecule has 0 spiro atoms. The highest BCUT2D eigenvalue weighted by molar-refractivity contribution is 5.40. The number of aryl methyl sites for hydroxylation is 2. The number of benzene rings is 1. The number of anilines is 1. The number of hydrogen-bond acceptors (Lipinski definition) is 3. The van der Waals surface area contributed by atoms with Gasteiger partial charge in [0.1, 0.15) is 6.07 Å². The van der Waals surface area contributed by atoms with Crippen molar-refractivity contribution in [2.45, 2.75) is 19.4 Å². The summed E-state index contributed by atoms with van der Waals surface area (Å²) in [5.74, 6) is 0.470. The second-order valence-corrected chi connectivity index (χ2v) is 3.90. The number of rotatable bonds is 4. The van der Waals surface area contributed by atoms with Crippen molar-refractivity contribution < 1.29 is 0 Å². The number of nitrogen functional groups attached to an aromatic ring is 1. The van der Waals surface area contributed by atoms with E-state index in [9.17, 15) is 0 Å². The molecule has 2 aromatic rings. The Bertz CT molecular complexity index is 536. The predicted octanol–water partition coefficient (Wildman–Crippen LogP) is 1.97. The Morgan fingerprint density at radius 1 is 1.41 bits per heavy atom. The number of aromatic nitrogens is 2. The summed E-state index contributed by atoms with van der Waals surface area (Å²) in [7, 11) is 0. The summed E-state index contributed by atoms with van der Waals surface area (Å²) in [5.41, 5.74) is 7.73. The summed E-state index contributed by atoms with van der Waals surface area (Å²) < 4.78 is 1.87. The lowest BCUT2D eigenvalue weighted by Crippen LogP contribution is -2.01. The summed E-state index contributed by atoms with van der Waals surface area (Å²) in [6.45, 7) is 0.803. The van der Waals surface area contributed by atoms with E-state index < -0.39 is 0 Å². The molecule has 0 bridgehead atoms. The van der Waals surface area contributed by atoms with Crippen LogP contribution in [0.3, 0.4) is 0 Å². The molecule has 4 nitrogen and oxygen atoms in total. The van der Waals surface area contributed by atoms with Gasteiger partial charge in [0.05, 0.1) is 0 Å². The minimum Gasteiger partial charge on any atom is -0.399 e. The molecule has 1 aromatic heterocycles. The van der Waals surface area contributed by atoms with Gasteiger partial charge in [-0.2, -0.15) is 5.26 Å². The molecular formula is C13H14N4. The Labute approximate surface area is 100 Å². The van der Waals surface area contributed by atoms with E-state index in [4.69, 9.17) is 11.0 Å². The van der Waals surface area contributed by atoms with Crippen LogP contribution in [0.15, 0.2) is 36.7 Å². The van der Waals surface area contributed by atoms with Crippen molar-refractivity contribution in [2.24, 2.45) is 0 Å². The topological polar surface area (TPSA) is 67.6 Å². The third-order valence-electron chi connectivity index (χ3n) is 2.63. The smallest absolute Gasteiger partial charge is 0.212 e. The van der Waals surface area contributed by atoms with Gasteiger partial charge in [-0.1, -0.05) is 12.1 Å². The number of imidazole rings is 1. The van der Waals surface area contributed by atoms with Crippen LogP contribution in [-0.4, -0.2) is 9.55 Å². The summed E-state index contributed by atoms with van der Waals surface area (Å²) in [4.78, 5) is 3.96. The molecule has 4 heteroatoms. The van der Waals surface area contributed by atoms with Crippen LogP contribution < -0.4 is 5.73 Å². The van der Waals surface area contributed by atoms with E-state index in [2.05, 4.69) is 17.1 Å². The highest BCUT2D eigenvalue weighted by Gasteiger charge is 2.00. The molecule has 1 aromatic carbocycles. The van der Waals surface area contributed by atoms with Crippen LogP contribution in [0.1, 0.15) is 17.8 Å². The Hall–Kier alpha value is -2.28. The number of nitrogens with zero attached hydrogens (tertiary/aromatic N) is 3. The minimum atomic E-state index is 0.470. The molecule has 0 aliphatic carbocycles. The highest BCUT2D eigenvalue weighted by atomic mass is 15.1. The highest BCUT2D eigenvalue weighted by Crippen LogP contribution is 2.09. The summed E-state index contributed by atoms with van der Waals surface area (Å²) in [5, 5.41) is 8.81. The molecule has 0 aliphatic rings. The van der Waals surface area contributed by atoms with Crippen molar-refractivity contribution in [3.63, 3.8) is 0 Å². The first kappa shape index (κ1) is 11.2. The quantitative estimate of drug-likeness (QED) is 0.810. The molecule has 0 unspecified atom stereocenters. The van der Waals surface area contributed by atoms with Crippen LogP contribution in [0, 0.1) is 11.3 Å². The van der Waals surface area contributed by atoms with Crippen molar-refractivity contribution in [3.05, 3.63) is 48.0 Å². The average Bonchev–Trinajstić information content (AvgIpc) is 2.77. The Balaban J connectivity index is 1.90. The second-order valence-electron chi connectivity index (χ2n) is 3.90. The van der Waals surface area contributed by atoms with Crippen LogP contribution >= 0.6 is 0 Å². The molecular weight excluding hydrogens is 212 g/mol. The fraction of sp³-hybridized carbons (Fsp3) is 0.231. The fourth-order valence-corrected chi connectivity index (χ4v) is 1.80. The molecule has 17 heavy (non-hydrogen) atoms. The molecule has 0 atom stereocenters. The minimum absolute atomic E-state index is 0.470. The van der Waals surface area contributed by atoms with Crippen molar-refractivity contribution in [1.29, 1.82) is 5.26 Å². The van der Waals surface area contributed by atoms with E-state index in [0.29, 0.717) is 5.82 Å². The first-order valence-electron chi connectivity index (χ1n) is 5.55. The van der Waals surface area contributed by atoms with E-state index in [1.807, 2.05) is 29.0 Å². The third kappa shape index (κ3) is 2.85. The van der Waals surface area contributed by atoms with Gasteiger partial charge in [0.2, 0.25) is 5.82 Å². The van der Waals surface area contributed by atoms with Gasteiger partial charge >= 0.3 is 0 Å². The third-order valence-corrected chi connectivity index (χ3v) is 2.63. The van der Waals surface area contributed by atoms with Crippen LogP contribution in [0.4, 0.5) is 5.69 Å². The van der Waals surface area contributed by atoms with Gasteiger partial charge in [0.25, 0.3) is 0 Å². The van der Waals surface area contributed by atoms with E-state index >= 15 is 0 Å². The lowest BCUT2D eigenvalue weighted by Gasteiger charge is -2.04. The number of nitrogens with two attached hydrogens (primary N) is 1. The average molecular weight is 226 g/mol. The normalized spacial score (nSPS) is 10.1. The van der Waals surface area contributed by atoms with Gasteiger partial charge in [0, 0.05) is 24.6 Å². The van der Waals surface area contributed by atoms with Gasteiger partial charge in [-0.05, 0) is 30.5 Å². The van der Waals surface area contributed by atoms with Gasteiger partial charge in [-0.25, -0.2) is 4.98 Å². The molecule has 0 saturated heterocycles. The van der Waals surface area contributed by atoms with Crippen molar-refractivity contribution >= 4 is 5.69 Å². The zero-order valence-electron chi connectivity index (χ0n) is 9.50. The fourth-order valence-electron chi connectivity index (χ4n) is 1.80. The maximum absolute atomic E-state index is 8.81. The molecule has 86 valence electrons. The van der Waals surface area contributed by atoms with Crippen LogP contribution in [-0.2, 0) is 13.0 Å². The van der Waals surface area contributed by atoms with E-state index in [-0.39, 0.29) is 0 Å². The molecule has 0 aliphatic heterocycles. The lowest BCUT2D eigenvalue weighted by atomic mass is 10.1. The summed E-state index contributed by atoms with van der Waals surface area (Å²) in [6.07, 6.45) is 5.40. The lowest BCUT2D eigenvalue weighted by molar-refractivity contribution is 0.635. The molecule has 0 radical (unpaired) electrons. The maximum Gasteiger partial charge on any atom is 0.212 e. The van der Waals surface area contributed by atoms with Crippen molar-refractivity contribution in [2.75, 3.05) is 5.73 Å². The number of hydrogen-bond donors (Lipinski definition) is 1. The van der Waals surface area contributed by atoms with Gasteiger partial charge in [-0.15, -0.1) is 0 Å². The molecule has 0 fully saturated rings. The molecule has 2 N–H and O–H groups in total.